The van der Waals surface area contributed by atoms with Crippen LogP contribution in [0.15, 0.2) is 18.2 Å². The monoisotopic (exact) mass is 313 g/mol. The van der Waals surface area contributed by atoms with Crippen LogP contribution in [0.5, 0.6) is 0 Å². The highest BCUT2D eigenvalue weighted by molar-refractivity contribution is 7.94. The molecule has 1 N–H and O–H groups in total. The molecule has 114 valence electrons. The van der Waals surface area contributed by atoms with Crippen molar-refractivity contribution in [1.82, 2.24) is 4.31 Å². The van der Waals surface area contributed by atoms with E-state index in [4.69, 9.17) is 0 Å². The van der Waals surface area contributed by atoms with Crippen LogP contribution < -0.4 is 5.32 Å². The van der Waals surface area contributed by atoms with Gasteiger partial charge in [0, 0.05) is 18.7 Å². The Kier molecular flexibility index (Phi) is 3.40. The second kappa shape index (κ2) is 4.69. The molecular weight excluding hydrogens is 298 g/mol. The molecule has 0 aliphatic carbocycles. The van der Waals surface area contributed by atoms with Gasteiger partial charge >= 0.3 is 0 Å². The van der Waals surface area contributed by atoms with Crippen molar-refractivity contribution in [3.05, 3.63) is 33.9 Å². The lowest BCUT2D eigenvalue weighted by Crippen LogP contribution is -2.66. The second-order valence-electron chi connectivity index (χ2n) is 5.15. The number of nitrogens with zero attached hydrogens (tertiary/aromatic N) is 2. The van der Waals surface area contributed by atoms with E-state index in [-0.39, 0.29) is 17.9 Å². The number of nitrogens with one attached hydrogen (secondary N) is 1. The predicted octanol–water partition coefficient (Wildman–Crippen LogP) is 1.09. The van der Waals surface area contributed by atoms with Crippen molar-refractivity contribution in [3.63, 3.8) is 0 Å². The Hall–Kier alpha value is -2.16. The third kappa shape index (κ3) is 2.04. The zero-order valence-electron chi connectivity index (χ0n) is 11.8. The van der Waals surface area contributed by atoms with Crippen molar-refractivity contribution in [2.45, 2.75) is 25.1 Å². The summed E-state index contributed by atoms with van der Waals surface area (Å²) in [5, 5.41) is 13.7. The number of anilines is 1. The number of nitro groups is 1. The zero-order valence-corrected chi connectivity index (χ0v) is 12.6. The van der Waals surface area contributed by atoms with Gasteiger partial charge in [0.25, 0.3) is 21.6 Å². The minimum Gasteiger partial charge on any atom is -0.382 e. The lowest BCUT2D eigenvalue weighted by atomic mass is 10.1. The molecule has 1 heterocycles. The molecule has 1 aliphatic rings. The lowest BCUT2D eigenvalue weighted by Gasteiger charge is -2.43. The maximum atomic E-state index is 12.1. The Morgan fingerprint density at radius 2 is 2.00 bits per heavy atom. The van der Waals surface area contributed by atoms with Crippen molar-refractivity contribution in [2.75, 3.05) is 12.4 Å². The van der Waals surface area contributed by atoms with Crippen molar-refractivity contribution in [2.24, 2.45) is 0 Å². The Bertz CT molecular complexity index is 726. The lowest BCUT2D eigenvalue weighted by molar-refractivity contribution is -0.384. The molecule has 1 amide bonds. The van der Waals surface area contributed by atoms with Crippen LogP contribution in [0.25, 0.3) is 0 Å². The highest BCUT2D eigenvalue weighted by Gasteiger charge is 2.60. The molecule has 1 aromatic rings. The first kappa shape index (κ1) is 15.2. The Morgan fingerprint density at radius 1 is 1.38 bits per heavy atom. The Balaban J connectivity index is 2.41. The smallest absolute Gasteiger partial charge is 0.292 e. The largest absolute Gasteiger partial charge is 0.382 e. The molecule has 21 heavy (non-hydrogen) atoms. The number of nitro benzene ring substituents is 1. The van der Waals surface area contributed by atoms with Gasteiger partial charge in [0.1, 0.15) is 5.69 Å². The number of benzene rings is 1. The van der Waals surface area contributed by atoms with E-state index in [2.05, 4.69) is 5.32 Å². The number of sulfonamides is 1. The van der Waals surface area contributed by atoms with Crippen LogP contribution in [0.3, 0.4) is 0 Å². The first-order valence-electron chi connectivity index (χ1n) is 6.15. The summed E-state index contributed by atoms with van der Waals surface area (Å²) in [6.45, 7) is 2.46. The van der Waals surface area contributed by atoms with E-state index in [1.54, 1.807) is 6.07 Å². The van der Waals surface area contributed by atoms with Crippen LogP contribution in [0.1, 0.15) is 19.4 Å². The molecule has 1 fully saturated rings. The summed E-state index contributed by atoms with van der Waals surface area (Å²) in [4.78, 5) is 22.3. The quantitative estimate of drug-likeness (QED) is 0.658. The first-order valence-corrected chi connectivity index (χ1v) is 7.59. The van der Waals surface area contributed by atoms with Gasteiger partial charge in [-0.25, -0.2) is 12.7 Å². The fourth-order valence-corrected chi connectivity index (χ4v) is 3.73. The molecule has 0 bridgehead atoms. The van der Waals surface area contributed by atoms with E-state index in [1.165, 1.54) is 33.0 Å². The van der Waals surface area contributed by atoms with Crippen LogP contribution >= 0.6 is 0 Å². The minimum atomic E-state index is -3.72. The van der Waals surface area contributed by atoms with Crippen LogP contribution in [0, 0.1) is 10.1 Å². The SMILES string of the molecule is CNc1c(CN2C(=O)C(C)(C)S2(=O)=O)cccc1[N+](=O)[O-]. The second-order valence-corrected chi connectivity index (χ2v) is 7.56. The number of rotatable bonds is 4. The van der Waals surface area contributed by atoms with Gasteiger partial charge in [-0.3, -0.25) is 14.9 Å². The van der Waals surface area contributed by atoms with E-state index in [9.17, 15) is 23.3 Å². The number of hydrogen-bond acceptors (Lipinski definition) is 6. The van der Waals surface area contributed by atoms with Gasteiger partial charge in [0.2, 0.25) is 0 Å². The molecule has 0 atom stereocenters. The molecule has 1 aliphatic heterocycles. The predicted molar refractivity (Wildman–Crippen MR) is 76.2 cm³/mol. The molecule has 0 saturated carbocycles. The summed E-state index contributed by atoms with van der Waals surface area (Å²) < 4.78 is 23.4. The summed E-state index contributed by atoms with van der Waals surface area (Å²) in [5.74, 6) is -0.518. The molecular formula is C12H15N3O5S. The topological polar surface area (TPSA) is 110 Å². The third-order valence-corrected chi connectivity index (χ3v) is 5.91. The summed E-state index contributed by atoms with van der Waals surface area (Å²) in [7, 11) is -2.22. The maximum Gasteiger partial charge on any atom is 0.292 e. The number of amides is 1. The Morgan fingerprint density at radius 3 is 2.48 bits per heavy atom. The first-order chi connectivity index (χ1) is 9.64. The fraction of sp³-hybridized carbons (Fsp3) is 0.417. The van der Waals surface area contributed by atoms with Crippen molar-refractivity contribution in [1.29, 1.82) is 0 Å². The van der Waals surface area contributed by atoms with Gasteiger partial charge < -0.3 is 5.32 Å². The van der Waals surface area contributed by atoms with Crippen LogP contribution in [-0.4, -0.2) is 35.3 Å². The van der Waals surface area contributed by atoms with E-state index in [0.717, 1.165) is 4.31 Å². The number of hydrogen-bond donors (Lipinski definition) is 1. The number of para-hydroxylation sites is 1. The van der Waals surface area contributed by atoms with Crippen LogP contribution in [0.2, 0.25) is 0 Å². The normalized spacial score (nSPS) is 19.0. The zero-order chi connectivity index (χ0) is 16.0. The molecule has 9 heteroatoms. The van der Waals surface area contributed by atoms with Crippen molar-refractivity contribution < 1.29 is 18.1 Å². The van der Waals surface area contributed by atoms with Gasteiger partial charge in [0.15, 0.2) is 4.75 Å². The Labute approximate surface area is 122 Å². The van der Waals surface area contributed by atoms with Gasteiger partial charge in [-0.2, -0.15) is 0 Å². The number of carbonyl (C=O) groups excluding carboxylic acids is 1. The fourth-order valence-electron chi connectivity index (χ4n) is 2.23. The number of carbonyl (C=O) groups is 1. The van der Waals surface area contributed by atoms with Crippen LogP contribution in [-0.2, 0) is 21.4 Å². The molecule has 0 spiro atoms. The molecule has 0 aromatic heterocycles. The molecule has 0 radical (unpaired) electrons. The summed E-state index contributed by atoms with van der Waals surface area (Å²) in [5.41, 5.74) is 0.411. The van der Waals surface area contributed by atoms with Crippen molar-refractivity contribution in [3.8, 4) is 0 Å². The third-order valence-electron chi connectivity index (χ3n) is 3.57. The minimum absolute atomic E-state index is 0.167. The summed E-state index contributed by atoms with van der Waals surface area (Å²) >= 11 is 0. The highest BCUT2D eigenvalue weighted by atomic mass is 32.2. The summed E-state index contributed by atoms with van der Waals surface area (Å²) in [6, 6.07) is 4.31. The van der Waals surface area contributed by atoms with Crippen molar-refractivity contribution >= 4 is 27.3 Å². The van der Waals surface area contributed by atoms with Gasteiger partial charge in [-0.05, 0) is 13.8 Å². The van der Waals surface area contributed by atoms with Gasteiger partial charge in [0.05, 0.1) is 11.5 Å². The highest BCUT2D eigenvalue weighted by Crippen LogP contribution is 2.38. The van der Waals surface area contributed by atoms with Gasteiger partial charge in [-0.15, -0.1) is 0 Å². The maximum absolute atomic E-state index is 12.1. The van der Waals surface area contributed by atoms with E-state index in [0.29, 0.717) is 5.56 Å². The molecule has 1 saturated heterocycles. The molecule has 1 aromatic carbocycles. The standard InChI is InChI=1S/C12H15N3O5S/c1-12(2)11(16)14(21(12,19)20)7-8-5-4-6-9(15(17)18)10(8)13-3/h4-6,13H,7H2,1-3H3. The van der Waals surface area contributed by atoms with E-state index < -0.39 is 25.6 Å². The average Bonchev–Trinajstić information content (AvgIpc) is 2.42. The van der Waals surface area contributed by atoms with E-state index >= 15 is 0 Å². The van der Waals surface area contributed by atoms with Crippen LogP contribution in [0.4, 0.5) is 11.4 Å². The average molecular weight is 313 g/mol. The molecule has 8 nitrogen and oxygen atoms in total. The van der Waals surface area contributed by atoms with E-state index in [1.807, 2.05) is 0 Å². The molecule has 2 rings (SSSR count). The van der Waals surface area contributed by atoms with Gasteiger partial charge in [-0.1, -0.05) is 12.1 Å². The molecule has 0 unspecified atom stereocenters. The summed E-state index contributed by atoms with van der Waals surface area (Å²) in [6.07, 6.45) is 0.